The molecule has 4 heteroatoms. The van der Waals surface area contributed by atoms with Crippen molar-refractivity contribution in [2.75, 3.05) is 26.3 Å². The summed E-state index contributed by atoms with van der Waals surface area (Å²) in [5, 5.41) is 17.8. The van der Waals surface area contributed by atoms with Crippen molar-refractivity contribution in [3.8, 4) is 0 Å². The van der Waals surface area contributed by atoms with Gasteiger partial charge in [0.1, 0.15) is 0 Å². The Morgan fingerprint density at radius 2 is 1.78 bits per heavy atom. The molecule has 0 bridgehead atoms. The minimum absolute atomic E-state index is 0.0631. The van der Waals surface area contributed by atoms with Gasteiger partial charge in [0.25, 0.3) is 0 Å². The summed E-state index contributed by atoms with van der Waals surface area (Å²) in [6, 6.07) is 6.02. The third-order valence-corrected chi connectivity index (χ3v) is 2.94. The third-order valence-electron chi connectivity index (χ3n) is 2.94. The molecule has 0 fully saturated rings. The van der Waals surface area contributed by atoms with Crippen molar-refractivity contribution < 1.29 is 15.0 Å². The highest BCUT2D eigenvalue weighted by molar-refractivity contribution is 5.79. The molecule has 18 heavy (non-hydrogen) atoms. The van der Waals surface area contributed by atoms with Crippen molar-refractivity contribution in [2.45, 2.75) is 20.3 Å². The van der Waals surface area contributed by atoms with Crippen LogP contribution in [0.3, 0.4) is 0 Å². The van der Waals surface area contributed by atoms with E-state index in [2.05, 4.69) is 0 Å². The van der Waals surface area contributed by atoms with Gasteiger partial charge in [0.05, 0.1) is 19.6 Å². The first-order chi connectivity index (χ1) is 8.58. The van der Waals surface area contributed by atoms with Gasteiger partial charge in [0, 0.05) is 13.1 Å². The van der Waals surface area contributed by atoms with Crippen LogP contribution in [0.4, 0.5) is 0 Å². The summed E-state index contributed by atoms with van der Waals surface area (Å²) in [5.41, 5.74) is 3.21. The predicted molar refractivity (Wildman–Crippen MR) is 70.4 cm³/mol. The number of carbonyl (C=O) groups excluding carboxylic acids is 1. The fourth-order valence-corrected chi connectivity index (χ4v) is 1.87. The normalized spacial score (nSPS) is 10.4. The van der Waals surface area contributed by atoms with Crippen molar-refractivity contribution >= 4 is 5.91 Å². The second-order valence-electron chi connectivity index (χ2n) is 4.43. The lowest BCUT2D eigenvalue weighted by Crippen LogP contribution is -2.37. The molecule has 0 spiro atoms. The SMILES string of the molecule is Cc1ccc(C)c(CC(=O)N(CCO)CCO)c1. The molecule has 0 atom stereocenters. The van der Waals surface area contributed by atoms with Crippen molar-refractivity contribution in [2.24, 2.45) is 0 Å². The lowest BCUT2D eigenvalue weighted by Gasteiger charge is -2.21. The molecule has 0 aliphatic carbocycles. The lowest BCUT2D eigenvalue weighted by molar-refractivity contribution is -0.131. The summed E-state index contributed by atoms with van der Waals surface area (Å²) in [6.45, 7) is 4.34. The van der Waals surface area contributed by atoms with E-state index in [1.807, 2.05) is 32.0 Å². The Balaban J connectivity index is 2.75. The first kappa shape index (κ1) is 14.7. The zero-order chi connectivity index (χ0) is 13.5. The number of amides is 1. The monoisotopic (exact) mass is 251 g/mol. The van der Waals surface area contributed by atoms with Crippen LogP contribution >= 0.6 is 0 Å². The summed E-state index contributed by atoms with van der Waals surface area (Å²) in [7, 11) is 0. The van der Waals surface area contributed by atoms with Gasteiger partial charge in [-0.25, -0.2) is 0 Å². The van der Waals surface area contributed by atoms with Gasteiger partial charge in [-0.2, -0.15) is 0 Å². The molecule has 0 radical (unpaired) electrons. The topological polar surface area (TPSA) is 60.8 Å². The third kappa shape index (κ3) is 4.13. The average Bonchev–Trinajstić information content (AvgIpc) is 2.33. The zero-order valence-electron chi connectivity index (χ0n) is 11.0. The van der Waals surface area contributed by atoms with Crippen LogP contribution < -0.4 is 0 Å². The quantitative estimate of drug-likeness (QED) is 0.781. The molecular weight excluding hydrogens is 230 g/mol. The second kappa shape index (κ2) is 7.13. The van der Waals surface area contributed by atoms with Crippen LogP contribution in [0.5, 0.6) is 0 Å². The van der Waals surface area contributed by atoms with Crippen molar-refractivity contribution in [1.82, 2.24) is 4.90 Å². The predicted octanol–water partition coefficient (Wildman–Crippen LogP) is 0.659. The van der Waals surface area contributed by atoms with Crippen molar-refractivity contribution in [3.63, 3.8) is 0 Å². The first-order valence-corrected chi connectivity index (χ1v) is 6.14. The maximum Gasteiger partial charge on any atom is 0.227 e. The van der Waals surface area contributed by atoms with Crippen LogP contribution in [0.1, 0.15) is 16.7 Å². The van der Waals surface area contributed by atoms with E-state index >= 15 is 0 Å². The van der Waals surface area contributed by atoms with Gasteiger partial charge < -0.3 is 15.1 Å². The van der Waals surface area contributed by atoms with Gasteiger partial charge in [-0.3, -0.25) is 4.79 Å². The number of hydrogen-bond acceptors (Lipinski definition) is 3. The Hall–Kier alpha value is -1.39. The molecule has 1 aromatic carbocycles. The molecule has 2 N–H and O–H groups in total. The number of carbonyl (C=O) groups is 1. The van der Waals surface area contributed by atoms with E-state index in [1.165, 1.54) is 4.90 Å². The Morgan fingerprint density at radius 1 is 1.17 bits per heavy atom. The molecule has 0 saturated carbocycles. The molecule has 0 aliphatic rings. The van der Waals surface area contributed by atoms with E-state index in [9.17, 15) is 4.79 Å². The summed E-state index contributed by atoms with van der Waals surface area (Å²) >= 11 is 0. The Bertz CT molecular complexity index is 398. The van der Waals surface area contributed by atoms with Crippen LogP contribution in [-0.4, -0.2) is 47.3 Å². The lowest BCUT2D eigenvalue weighted by atomic mass is 10.0. The van der Waals surface area contributed by atoms with Gasteiger partial charge in [-0.1, -0.05) is 23.8 Å². The van der Waals surface area contributed by atoms with E-state index in [4.69, 9.17) is 10.2 Å². The summed E-state index contributed by atoms with van der Waals surface area (Å²) < 4.78 is 0. The van der Waals surface area contributed by atoms with E-state index in [0.717, 1.165) is 16.7 Å². The highest BCUT2D eigenvalue weighted by atomic mass is 16.3. The van der Waals surface area contributed by atoms with Crippen LogP contribution in [0, 0.1) is 13.8 Å². The standard InChI is InChI=1S/C14H21NO3/c1-11-3-4-12(2)13(9-11)10-14(18)15(5-7-16)6-8-17/h3-4,9,16-17H,5-8,10H2,1-2H3. The molecule has 4 nitrogen and oxygen atoms in total. The minimum atomic E-state index is -0.0848. The number of rotatable bonds is 6. The number of aryl methyl sites for hydroxylation is 2. The Morgan fingerprint density at radius 3 is 2.33 bits per heavy atom. The van der Waals surface area contributed by atoms with E-state index in [1.54, 1.807) is 0 Å². The summed E-state index contributed by atoms with van der Waals surface area (Å²) in [6.07, 6.45) is 0.313. The Kier molecular flexibility index (Phi) is 5.82. The smallest absolute Gasteiger partial charge is 0.227 e. The number of hydrogen-bond donors (Lipinski definition) is 2. The number of nitrogens with zero attached hydrogens (tertiary/aromatic N) is 1. The molecule has 100 valence electrons. The molecule has 1 aromatic rings. The highest BCUT2D eigenvalue weighted by Gasteiger charge is 2.14. The first-order valence-electron chi connectivity index (χ1n) is 6.14. The molecule has 0 aromatic heterocycles. The van der Waals surface area contributed by atoms with Gasteiger partial charge in [0.15, 0.2) is 0 Å². The van der Waals surface area contributed by atoms with Crippen LogP contribution in [0.2, 0.25) is 0 Å². The van der Waals surface area contributed by atoms with Crippen molar-refractivity contribution in [1.29, 1.82) is 0 Å². The van der Waals surface area contributed by atoms with Crippen LogP contribution in [0.15, 0.2) is 18.2 Å². The van der Waals surface area contributed by atoms with Crippen LogP contribution in [-0.2, 0) is 11.2 Å². The summed E-state index contributed by atoms with van der Waals surface area (Å²) in [5.74, 6) is -0.0631. The number of aliphatic hydroxyl groups is 2. The highest BCUT2D eigenvalue weighted by Crippen LogP contribution is 2.12. The molecule has 0 aliphatic heterocycles. The molecule has 0 unspecified atom stereocenters. The molecular formula is C14H21NO3. The number of benzene rings is 1. The molecule has 0 heterocycles. The fourth-order valence-electron chi connectivity index (χ4n) is 1.87. The molecule has 1 rings (SSSR count). The van der Waals surface area contributed by atoms with Gasteiger partial charge in [-0.05, 0) is 25.0 Å². The van der Waals surface area contributed by atoms with E-state index in [-0.39, 0.29) is 32.2 Å². The maximum absolute atomic E-state index is 12.1. The van der Waals surface area contributed by atoms with Gasteiger partial charge in [0.2, 0.25) is 5.91 Å². The number of aliphatic hydroxyl groups excluding tert-OH is 2. The fraction of sp³-hybridized carbons (Fsp3) is 0.500. The van der Waals surface area contributed by atoms with Crippen LogP contribution in [0.25, 0.3) is 0 Å². The molecule has 0 saturated heterocycles. The maximum atomic E-state index is 12.1. The minimum Gasteiger partial charge on any atom is -0.395 e. The second-order valence-corrected chi connectivity index (χ2v) is 4.43. The van der Waals surface area contributed by atoms with Crippen molar-refractivity contribution in [3.05, 3.63) is 34.9 Å². The van der Waals surface area contributed by atoms with E-state index in [0.29, 0.717) is 6.42 Å². The average molecular weight is 251 g/mol. The van der Waals surface area contributed by atoms with Gasteiger partial charge >= 0.3 is 0 Å². The molecule has 1 amide bonds. The summed E-state index contributed by atoms with van der Waals surface area (Å²) in [4.78, 5) is 13.5. The van der Waals surface area contributed by atoms with E-state index < -0.39 is 0 Å². The largest absolute Gasteiger partial charge is 0.395 e. The zero-order valence-corrected chi connectivity index (χ0v) is 11.0. The van der Waals surface area contributed by atoms with Gasteiger partial charge in [-0.15, -0.1) is 0 Å². The Labute approximate surface area is 108 Å².